The van der Waals surface area contributed by atoms with Crippen LogP contribution in [0.2, 0.25) is 0 Å². The highest BCUT2D eigenvalue weighted by molar-refractivity contribution is 7.89. The molecule has 0 amide bonds. The minimum absolute atomic E-state index is 0.413. The molecule has 0 fully saturated rings. The molecule has 0 bridgehead atoms. The van der Waals surface area contributed by atoms with Gasteiger partial charge in [-0.1, -0.05) is 38.1 Å². The molecule has 0 saturated heterocycles. The van der Waals surface area contributed by atoms with Crippen molar-refractivity contribution >= 4 is 26.5 Å². The molecule has 0 aliphatic rings. The van der Waals surface area contributed by atoms with E-state index in [0.717, 1.165) is 107 Å². The Morgan fingerprint density at radius 1 is 0.585 bits per heavy atom. The number of nitrogens with one attached hydrogen (secondary N) is 4. The molecule has 41 heavy (non-hydrogen) atoms. The average molecular weight is 591 g/mol. The maximum Gasteiger partial charge on any atom is 0.243 e. The quantitative estimate of drug-likeness (QED) is 0.127. The second kappa shape index (κ2) is 21.0. The van der Waals surface area contributed by atoms with Gasteiger partial charge in [0.1, 0.15) is 0 Å². The third-order valence-electron chi connectivity index (χ3n) is 7.40. The van der Waals surface area contributed by atoms with Crippen molar-refractivity contribution in [2.45, 2.75) is 70.1 Å². The third-order valence-corrected chi connectivity index (χ3v) is 9.35. The van der Waals surface area contributed by atoms with Gasteiger partial charge in [0.2, 0.25) is 10.0 Å². The minimum Gasteiger partial charge on any atom is -0.377 e. The van der Waals surface area contributed by atoms with Gasteiger partial charge in [0.15, 0.2) is 0 Å². The zero-order valence-electron chi connectivity index (χ0n) is 26.3. The molecule has 0 atom stereocenters. The molecule has 0 radical (unpaired) electrons. The van der Waals surface area contributed by atoms with Gasteiger partial charge < -0.3 is 26.2 Å². The molecule has 8 nitrogen and oxygen atoms in total. The van der Waals surface area contributed by atoms with Crippen LogP contribution in [0.5, 0.6) is 0 Å². The van der Waals surface area contributed by atoms with Gasteiger partial charge in [-0.25, -0.2) is 8.42 Å². The maximum absolute atomic E-state index is 14.1. The van der Waals surface area contributed by atoms with Gasteiger partial charge in [0.05, 0.1) is 4.90 Å². The van der Waals surface area contributed by atoms with Crippen LogP contribution in [0.1, 0.15) is 65.2 Å². The molecule has 0 saturated carbocycles. The predicted octanol–water partition coefficient (Wildman–Crippen LogP) is 4.42. The highest BCUT2D eigenvalue weighted by Crippen LogP contribution is 2.31. The van der Waals surface area contributed by atoms with Crippen LogP contribution in [0.4, 0.5) is 5.69 Å². The summed E-state index contributed by atoms with van der Waals surface area (Å²) in [6.07, 6.45) is 8.31. The van der Waals surface area contributed by atoms with Gasteiger partial charge in [-0.3, -0.25) is 0 Å². The summed E-state index contributed by atoms with van der Waals surface area (Å²) in [6, 6.07) is 11.6. The van der Waals surface area contributed by atoms with Crippen molar-refractivity contribution in [2.75, 3.05) is 84.4 Å². The normalized spacial score (nSPS) is 12.0. The first-order valence-corrected chi connectivity index (χ1v) is 17.4. The van der Waals surface area contributed by atoms with Crippen LogP contribution in [-0.2, 0) is 10.0 Å². The summed E-state index contributed by atoms with van der Waals surface area (Å²) >= 11 is 0. The fraction of sp³-hybridized carbons (Fsp3) is 0.688. The van der Waals surface area contributed by atoms with Crippen LogP contribution in [0, 0.1) is 0 Å². The number of rotatable bonds is 25. The standard InChI is InChI=1S/C32H58N6O2S/c1-5-33-21-7-9-23-35-25-11-13-27-38(28-14-12-26-36-24-10-8-22-34-6-2)41(39,40)32-20-16-17-29-30(32)18-15-19-31(29)37(3)4/h15-20,33-36H,5-14,21-28H2,1-4H3. The summed E-state index contributed by atoms with van der Waals surface area (Å²) in [5.74, 6) is 0. The Morgan fingerprint density at radius 3 is 1.51 bits per heavy atom. The van der Waals surface area contributed by atoms with Gasteiger partial charge in [0, 0.05) is 43.6 Å². The first-order valence-electron chi connectivity index (χ1n) is 16.0. The fourth-order valence-corrected chi connectivity index (χ4v) is 6.77. The van der Waals surface area contributed by atoms with Crippen LogP contribution >= 0.6 is 0 Å². The van der Waals surface area contributed by atoms with Crippen LogP contribution in [-0.4, -0.2) is 92.3 Å². The molecule has 2 aromatic rings. The fourth-order valence-electron chi connectivity index (χ4n) is 5.05. The third kappa shape index (κ3) is 13.0. The molecular formula is C32H58N6O2S. The second-order valence-corrected chi connectivity index (χ2v) is 12.9. The molecule has 2 rings (SSSR count). The second-order valence-electron chi connectivity index (χ2n) is 11.0. The summed E-state index contributed by atoms with van der Waals surface area (Å²) in [5, 5.41) is 15.5. The molecule has 0 heterocycles. The number of anilines is 1. The first kappa shape index (κ1) is 35.4. The Morgan fingerprint density at radius 2 is 1.02 bits per heavy atom. The lowest BCUT2D eigenvalue weighted by molar-refractivity contribution is 0.386. The highest BCUT2D eigenvalue weighted by atomic mass is 32.2. The number of fused-ring (bicyclic) bond motifs is 1. The van der Waals surface area contributed by atoms with Crippen molar-refractivity contribution in [1.82, 2.24) is 25.6 Å². The Bertz CT molecular complexity index is 1040. The summed E-state index contributed by atoms with van der Waals surface area (Å²) in [4.78, 5) is 2.45. The minimum atomic E-state index is -3.63. The predicted molar refractivity (Wildman–Crippen MR) is 177 cm³/mol. The number of sulfonamides is 1. The molecule has 0 aromatic heterocycles. The number of hydrogen-bond donors (Lipinski definition) is 4. The molecule has 4 N–H and O–H groups in total. The van der Waals surface area contributed by atoms with Crippen LogP contribution < -0.4 is 26.2 Å². The van der Waals surface area contributed by atoms with Crippen molar-refractivity contribution in [2.24, 2.45) is 0 Å². The van der Waals surface area contributed by atoms with E-state index in [1.807, 2.05) is 49.3 Å². The van der Waals surface area contributed by atoms with Gasteiger partial charge in [0.25, 0.3) is 0 Å². The lowest BCUT2D eigenvalue weighted by Crippen LogP contribution is -2.34. The van der Waals surface area contributed by atoms with E-state index in [-0.39, 0.29) is 0 Å². The van der Waals surface area contributed by atoms with E-state index in [2.05, 4.69) is 35.1 Å². The summed E-state index contributed by atoms with van der Waals surface area (Å²) in [5.41, 5.74) is 1.03. The Labute approximate surface area is 251 Å². The number of unbranched alkanes of at least 4 members (excludes halogenated alkanes) is 4. The lowest BCUT2D eigenvalue weighted by atomic mass is 10.1. The van der Waals surface area contributed by atoms with Crippen molar-refractivity contribution in [1.29, 1.82) is 0 Å². The van der Waals surface area contributed by atoms with Crippen LogP contribution in [0.3, 0.4) is 0 Å². The van der Waals surface area contributed by atoms with Gasteiger partial charge in [-0.15, -0.1) is 0 Å². The molecule has 234 valence electrons. The van der Waals surface area contributed by atoms with Crippen molar-refractivity contribution in [3.8, 4) is 0 Å². The van der Waals surface area contributed by atoms with E-state index in [4.69, 9.17) is 0 Å². The van der Waals surface area contributed by atoms with Gasteiger partial charge in [-0.05, 0) is 116 Å². The zero-order valence-corrected chi connectivity index (χ0v) is 27.1. The monoisotopic (exact) mass is 590 g/mol. The lowest BCUT2D eigenvalue weighted by Gasteiger charge is -2.24. The average Bonchev–Trinajstić information content (AvgIpc) is 2.97. The molecule has 9 heteroatoms. The molecule has 0 aliphatic carbocycles. The smallest absolute Gasteiger partial charge is 0.243 e. The Kier molecular flexibility index (Phi) is 18.2. The number of nitrogens with zero attached hydrogens (tertiary/aromatic N) is 2. The van der Waals surface area contributed by atoms with Crippen LogP contribution in [0.15, 0.2) is 41.3 Å². The molecule has 0 spiro atoms. The molecule has 0 aliphatic heterocycles. The Hall–Kier alpha value is -1.75. The van der Waals surface area contributed by atoms with E-state index in [0.29, 0.717) is 18.0 Å². The zero-order chi connectivity index (χ0) is 29.8. The SMILES string of the molecule is CCNCCCCNCCCCN(CCCCNCCCCNCC)S(=O)(=O)c1cccc2c(N(C)C)cccc12. The molecule has 2 aromatic carbocycles. The summed E-state index contributed by atoms with van der Waals surface area (Å²) in [7, 11) is 0.359. The number of benzene rings is 2. The van der Waals surface area contributed by atoms with Crippen LogP contribution in [0.25, 0.3) is 10.8 Å². The largest absolute Gasteiger partial charge is 0.377 e. The topological polar surface area (TPSA) is 88.7 Å². The molecule has 0 unspecified atom stereocenters. The van der Waals surface area contributed by atoms with Gasteiger partial charge >= 0.3 is 0 Å². The maximum atomic E-state index is 14.1. The highest BCUT2D eigenvalue weighted by Gasteiger charge is 2.26. The van der Waals surface area contributed by atoms with E-state index >= 15 is 0 Å². The van der Waals surface area contributed by atoms with E-state index in [1.54, 1.807) is 10.4 Å². The molecular weight excluding hydrogens is 532 g/mol. The van der Waals surface area contributed by atoms with E-state index in [9.17, 15) is 8.42 Å². The van der Waals surface area contributed by atoms with E-state index < -0.39 is 10.0 Å². The number of hydrogen-bond acceptors (Lipinski definition) is 7. The van der Waals surface area contributed by atoms with Crippen molar-refractivity contribution in [3.05, 3.63) is 36.4 Å². The summed E-state index contributed by atoms with van der Waals surface area (Å²) in [6.45, 7) is 13.4. The first-order chi connectivity index (χ1) is 19.9. The Balaban J connectivity index is 1.97. The van der Waals surface area contributed by atoms with E-state index in [1.165, 1.54) is 12.8 Å². The van der Waals surface area contributed by atoms with Crippen molar-refractivity contribution in [3.63, 3.8) is 0 Å². The van der Waals surface area contributed by atoms with Crippen molar-refractivity contribution < 1.29 is 8.42 Å². The van der Waals surface area contributed by atoms with Gasteiger partial charge in [-0.2, -0.15) is 4.31 Å². The summed E-state index contributed by atoms with van der Waals surface area (Å²) < 4.78 is 29.9.